The Morgan fingerprint density at radius 2 is 1.97 bits per heavy atom. The summed E-state index contributed by atoms with van der Waals surface area (Å²) in [6.07, 6.45) is 6.99. The summed E-state index contributed by atoms with van der Waals surface area (Å²) in [5, 5.41) is 11.2. The van der Waals surface area contributed by atoms with Crippen molar-refractivity contribution in [1.29, 1.82) is 0 Å². The van der Waals surface area contributed by atoms with Gasteiger partial charge in [-0.3, -0.25) is 9.48 Å². The first-order valence-electron chi connectivity index (χ1n) is 12.4. The minimum Gasteiger partial charge on any atom is -0.382 e. The number of hydrogen-bond donors (Lipinski definition) is 3. The lowest BCUT2D eigenvalue weighted by molar-refractivity contribution is -0.577. The number of rotatable bonds is 4. The average Bonchev–Trinajstić information content (AvgIpc) is 3.52. The van der Waals surface area contributed by atoms with Crippen molar-refractivity contribution in [2.75, 3.05) is 5.73 Å². The van der Waals surface area contributed by atoms with Crippen LogP contribution in [-0.4, -0.2) is 30.8 Å². The molecule has 4 heterocycles. The summed E-state index contributed by atoms with van der Waals surface area (Å²) >= 11 is 0. The van der Waals surface area contributed by atoms with Crippen molar-refractivity contribution in [3.8, 4) is 23.1 Å². The third-order valence-corrected chi connectivity index (χ3v) is 6.49. The number of aryl methyl sites for hydroxylation is 1. The van der Waals surface area contributed by atoms with E-state index >= 15 is 0 Å². The van der Waals surface area contributed by atoms with Crippen LogP contribution in [0.4, 0.5) is 5.82 Å². The Morgan fingerprint density at radius 1 is 1.13 bits per heavy atom. The Hall–Kier alpha value is -5.49. The van der Waals surface area contributed by atoms with Gasteiger partial charge in [0.15, 0.2) is 11.4 Å². The largest absolute Gasteiger partial charge is 0.382 e. The number of H-pyrrole nitrogens is 1. The molecule has 9 nitrogen and oxygen atoms in total. The van der Waals surface area contributed by atoms with Crippen molar-refractivity contribution in [3.63, 3.8) is 0 Å². The number of nitrogens with one attached hydrogen (secondary N) is 2. The highest BCUT2D eigenvalue weighted by Gasteiger charge is 2.26. The van der Waals surface area contributed by atoms with E-state index in [2.05, 4.69) is 38.4 Å². The minimum atomic E-state index is -0.382. The molecule has 4 aromatic heterocycles. The van der Waals surface area contributed by atoms with Crippen LogP contribution >= 0.6 is 0 Å². The number of amides is 1. The molecule has 0 aliphatic carbocycles. The summed E-state index contributed by atoms with van der Waals surface area (Å²) in [5.41, 5.74) is 11.9. The molecular weight excluding hydrogens is 488 g/mol. The van der Waals surface area contributed by atoms with Crippen molar-refractivity contribution < 1.29 is 9.31 Å². The zero-order valence-electron chi connectivity index (χ0n) is 21.4. The van der Waals surface area contributed by atoms with Crippen LogP contribution in [0.15, 0.2) is 85.5 Å². The Balaban J connectivity index is 1.43. The van der Waals surface area contributed by atoms with E-state index in [4.69, 9.17) is 10.7 Å². The molecule has 0 saturated heterocycles. The number of carbonyl (C=O) groups is 1. The van der Waals surface area contributed by atoms with Gasteiger partial charge in [0.25, 0.3) is 5.91 Å². The van der Waals surface area contributed by atoms with Gasteiger partial charge in [0, 0.05) is 35.8 Å². The van der Waals surface area contributed by atoms with Gasteiger partial charge in [-0.15, -0.1) is 4.52 Å². The van der Waals surface area contributed by atoms with Crippen LogP contribution in [0.3, 0.4) is 0 Å². The van der Waals surface area contributed by atoms with Gasteiger partial charge in [-0.1, -0.05) is 54.3 Å². The van der Waals surface area contributed by atoms with Crippen molar-refractivity contribution in [2.24, 2.45) is 7.05 Å². The SMILES string of the molecule is CC(NC(=O)c1c(N)[nH][n+]2cccnc12)c1cc2cccc(C#Cc3cnn(C)c3)c2nc1-c1ccccc1. The summed E-state index contributed by atoms with van der Waals surface area (Å²) < 4.78 is 3.34. The van der Waals surface area contributed by atoms with Crippen molar-refractivity contribution in [2.45, 2.75) is 13.0 Å². The number of aromatic amines is 1. The monoisotopic (exact) mass is 513 g/mol. The fourth-order valence-electron chi connectivity index (χ4n) is 4.62. The molecule has 0 aliphatic heterocycles. The van der Waals surface area contributed by atoms with E-state index in [1.165, 1.54) is 0 Å². The molecule has 6 rings (SSSR count). The van der Waals surface area contributed by atoms with Crippen molar-refractivity contribution >= 4 is 28.3 Å². The highest BCUT2D eigenvalue weighted by atomic mass is 16.1. The Kier molecular flexibility index (Phi) is 5.98. The lowest BCUT2D eigenvalue weighted by atomic mass is 9.97. The number of nitrogens with two attached hydrogens (primary N) is 1. The number of benzene rings is 2. The summed E-state index contributed by atoms with van der Waals surface area (Å²) in [4.78, 5) is 22.8. The van der Waals surface area contributed by atoms with Gasteiger partial charge < -0.3 is 11.1 Å². The Labute approximate surface area is 224 Å². The second-order valence-electron chi connectivity index (χ2n) is 9.23. The van der Waals surface area contributed by atoms with E-state index in [-0.39, 0.29) is 17.8 Å². The molecule has 0 radical (unpaired) electrons. The number of para-hydroxylation sites is 1. The molecule has 4 N–H and O–H groups in total. The number of nitrogen functional groups attached to an aromatic ring is 1. The summed E-state index contributed by atoms with van der Waals surface area (Å²) in [6, 6.07) is 19.3. The first-order chi connectivity index (χ1) is 19.0. The van der Waals surface area contributed by atoms with Crippen LogP contribution in [0.2, 0.25) is 0 Å². The van der Waals surface area contributed by atoms with E-state index in [0.29, 0.717) is 11.2 Å². The maximum Gasteiger partial charge on any atom is 0.362 e. The molecule has 39 heavy (non-hydrogen) atoms. The first kappa shape index (κ1) is 23.9. The zero-order chi connectivity index (χ0) is 26.9. The number of hydrogen-bond acceptors (Lipinski definition) is 5. The standard InChI is InChI=1S/C30H24N8O/c1-19(34-30(39)25-28(31)36-38-15-7-14-32-29(25)38)24-16-23-11-6-10-22(13-12-20-17-33-37(2)18-20)26(23)35-27(24)21-8-4-3-5-9-21/h3-11,14-19H,1-2H3,(H3,31,34,36,39)/p+1. The van der Waals surface area contributed by atoms with Crippen LogP contribution in [0, 0.1) is 11.8 Å². The number of anilines is 1. The lowest BCUT2D eigenvalue weighted by Crippen LogP contribution is -2.29. The van der Waals surface area contributed by atoms with E-state index < -0.39 is 0 Å². The summed E-state index contributed by atoms with van der Waals surface area (Å²) in [6.45, 7) is 1.94. The number of aromatic nitrogens is 6. The van der Waals surface area contributed by atoms with E-state index in [1.54, 1.807) is 33.9 Å². The van der Waals surface area contributed by atoms with Gasteiger partial charge in [0.2, 0.25) is 0 Å². The van der Waals surface area contributed by atoms with E-state index in [9.17, 15) is 4.79 Å². The minimum absolute atomic E-state index is 0.246. The molecule has 190 valence electrons. The molecule has 2 aromatic carbocycles. The molecule has 9 heteroatoms. The molecule has 0 spiro atoms. The number of pyridine rings is 1. The molecule has 1 unspecified atom stereocenters. The second kappa shape index (κ2) is 9.76. The van der Waals surface area contributed by atoms with Gasteiger partial charge in [-0.2, -0.15) is 5.10 Å². The molecule has 0 bridgehead atoms. The maximum atomic E-state index is 13.4. The smallest absolute Gasteiger partial charge is 0.362 e. The number of nitrogens with zero attached hydrogens (tertiary/aromatic N) is 5. The predicted octanol–water partition coefficient (Wildman–Crippen LogP) is 3.57. The topological polar surface area (TPSA) is 119 Å². The molecule has 1 atom stereocenters. The van der Waals surface area contributed by atoms with Crippen LogP contribution in [0.25, 0.3) is 27.8 Å². The molecule has 1 amide bonds. The van der Waals surface area contributed by atoms with Gasteiger partial charge in [0.05, 0.1) is 34.6 Å². The average molecular weight is 514 g/mol. The fourth-order valence-corrected chi connectivity index (χ4v) is 4.62. The van der Waals surface area contributed by atoms with Crippen LogP contribution in [0.1, 0.15) is 40.0 Å². The number of fused-ring (bicyclic) bond motifs is 2. The number of carbonyl (C=O) groups excluding carboxylic acids is 1. The maximum absolute atomic E-state index is 13.4. The molecule has 0 fully saturated rings. The highest BCUT2D eigenvalue weighted by molar-refractivity contribution is 6.03. The van der Waals surface area contributed by atoms with Gasteiger partial charge >= 0.3 is 5.65 Å². The van der Waals surface area contributed by atoms with Gasteiger partial charge in [0.1, 0.15) is 12.4 Å². The van der Waals surface area contributed by atoms with E-state index in [0.717, 1.165) is 38.9 Å². The Bertz CT molecular complexity index is 1910. The summed E-state index contributed by atoms with van der Waals surface area (Å²) in [7, 11) is 1.86. The van der Waals surface area contributed by atoms with Crippen molar-refractivity contribution in [1.82, 2.24) is 30.2 Å². The van der Waals surface area contributed by atoms with Crippen molar-refractivity contribution in [3.05, 3.63) is 108 Å². The van der Waals surface area contributed by atoms with E-state index in [1.807, 2.05) is 68.7 Å². The highest BCUT2D eigenvalue weighted by Crippen LogP contribution is 2.31. The second-order valence-corrected chi connectivity index (χ2v) is 9.23. The Morgan fingerprint density at radius 3 is 2.77 bits per heavy atom. The predicted molar refractivity (Wildman–Crippen MR) is 148 cm³/mol. The first-order valence-corrected chi connectivity index (χ1v) is 12.4. The fraction of sp³-hybridized carbons (Fsp3) is 0.100. The molecule has 0 saturated carbocycles. The molecular formula is C30H25N8O+. The normalized spacial score (nSPS) is 11.7. The molecule has 0 aliphatic rings. The quantitative estimate of drug-likeness (QED) is 0.246. The summed E-state index contributed by atoms with van der Waals surface area (Å²) in [5.74, 6) is 6.35. The van der Waals surface area contributed by atoms with Crippen LogP contribution in [0.5, 0.6) is 0 Å². The van der Waals surface area contributed by atoms with Gasteiger partial charge in [-0.05, 0) is 24.0 Å². The van der Waals surface area contributed by atoms with Crippen LogP contribution < -0.4 is 15.6 Å². The third-order valence-electron chi connectivity index (χ3n) is 6.49. The third kappa shape index (κ3) is 4.55. The lowest BCUT2D eigenvalue weighted by Gasteiger charge is -2.19. The molecule has 6 aromatic rings. The van der Waals surface area contributed by atoms with Crippen LogP contribution in [-0.2, 0) is 7.05 Å². The van der Waals surface area contributed by atoms with Gasteiger partial charge in [-0.25, -0.2) is 10.1 Å². The zero-order valence-corrected chi connectivity index (χ0v) is 21.4.